The SMILES string of the molecule is Cc1c([N+](=O)[O-])ccc(F)c1N(C)C. The highest BCUT2D eigenvalue weighted by Gasteiger charge is 2.18. The molecule has 76 valence electrons. The summed E-state index contributed by atoms with van der Waals surface area (Å²) in [5.41, 5.74) is 0.550. The molecule has 0 radical (unpaired) electrons. The minimum Gasteiger partial charge on any atom is -0.375 e. The summed E-state index contributed by atoms with van der Waals surface area (Å²) in [5.74, 6) is -0.446. The van der Waals surface area contributed by atoms with Gasteiger partial charge in [0.1, 0.15) is 5.82 Å². The lowest BCUT2D eigenvalue weighted by Gasteiger charge is -2.15. The van der Waals surface area contributed by atoms with Crippen LogP contribution in [-0.2, 0) is 0 Å². The Labute approximate surface area is 81.1 Å². The van der Waals surface area contributed by atoms with Crippen LogP contribution in [0.5, 0.6) is 0 Å². The zero-order chi connectivity index (χ0) is 10.9. The van der Waals surface area contributed by atoms with Crippen LogP contribution in [0.25, 0.3) is 0 Å². The maximum atomic E-state index is 13.3. The van der Waals surface area contributed by atoms with Crippen LogP contribution in [0.4, 0.5) is 15.8 Å². The highest BCUT2D eigenvalue weighted by Crippen LogP contribution is 2.29. The largest absolute Gasteiger partial charge is 0.375 e. The fourth-order valence-electron chi connectivity index (χ4n) is 1.40. The average molecular weight is 198 g/mol. The van der Waals surface area contributed by atoms with E-state index in [0.29, 0.717) is 5.56 Å². The van der Waals surface area contributed by atoms with Gasteiger partial charge in [-0.05, 0) is 13.0 Å². The maximum absolute atomic E-state index is 13.3. The van der Waals surface area contributed by atoms with E-state index in [1.165, 1.54) is 17.9 Å². The molecule has 1 aromatic carbocycles. The third-order valence-corrected chi connectivity index (χ3v) is 2.00. The zero-order valence-corrected chi connectivity index (χ0v) is 8.24. The standard InChI is InChI=1S/C9H11FN2O2/c1-6-8(12(13)14)5-4-7(10)9(6)11(2)3/h4-5H,1-3H3. The molecule has 0 unspecified atom stereocenters. The van der Waals surface area contributed by atoms with E-state index in [1.807, 2.05) is 0 Å². The molecule has 0 fully saturated rings. The summed E-state index contributed by atoms with van der Waals surface area (Å²) >= 11 is 0. The lowest BCUT2D eigenvalue weighted by Crippen LogP contribution is -2.13. The van der Waals surface area contributed by atoms with Gasteiger partial charge in [0.15, 0.2) is 0 Å². The number of halogens is 1. The Hall–Kier alpha value is -1.65. The van der Waals surface area contributed by atoms with E-state index in [2.05, 4.69) is 0 Å². The molecular weight excluding hydrogens is 187 g/mol. The molecule has 0 heterocycles. The lowest BCUT2D eigenvalue weighted by atomic mass is 10.1. The molecule has 0 saturated heterocycles. The molecule has 1 rings (SSSR count). The number of hydrogen-bond donors (Lipinski definition) is 0. The van der Waals surface area contributed by atoms with Crippen molar-refractivity contribution in [2.75, 3.05) is 19.0 Å². The minimum absolute atomic E-state index is 0.0601. The van der Waals surface area contributed by atoms with Crippen molar-refractivity contribution in [1.82, 2.24) is 0 Å². The minimum atomic E-state index is -0.512. The molecule has 4 nitrogen and oxygen atoms in total. The second-order valence-electron chi connectivity index (χ2n) is 3.19. The predicted octanol–water partition coefficient (Wildman–Crippen LogP) is 2.11. The van der Waals surface area contributed by atoms with Crippen molar-refractivity contribution in [2.45, 2.75) is 6.92 Å². The first-order valence-corrected chi connectivity index (χ1v) is 4.06. The summed E-state index contributed by atoms with van der Waals surface area (Å²) < 4.78 is 13.3. The van der Waals surface area contributed by atoms with Gasteiger partial charge in [-0.15, -0.1) is 0 Å². The van der Waals surface area contributed by atoms with Crippen molar-refractivity contribution in [3.63, 3.8) is 0 Å². The molecular formula is C9H11FN2O2. The highest BCUT2D eigenvalue weighted by molar-refractivity contribution is 5.61. The van der Waals surface area contributed by atoms with Crippen LogP contribution in [0.3, 0.4) is 0 Å². The van der Waals surface area contributed by atoms with Gasteiger partial charge in [0.2, 0.25) is 0 Å². The van der Waals surface area contributed by atoms with Crippen LogP contribution in [0, 0.1) is 22.9 Å². The van der Waals surface area contributed by atoms with E-state index < -0.39 is 10.7 Å². The van der Waals surface area contributed by atoms with E-state index >= 15 is 0 Å². The quantitative estimate of drug-likeness (QED) is 0.540. The van der Waals surface area contributed by atoms with E-state index in [1.54, 1.807) is 14.1 Å². The van der Waals surface area contributed by atoms with Gasteiger partial charge in [-0.2, -0.15) is 0 Å². The van der Waals surface area contributed by atoms with Gasteiger partial charge < -0.3 is 4.90 Å². The lowest BCUT2D eigenvalue weighted by molar-refractivity contribution is -0.385. The molecule has 14 heavy (non-hydrogen) atoms. The first kappa shape index (κ1) is 10.4. The first-order chi connectivity index (χ1) is 6.45. The number of nitro benzene ring substituents is 1. The van der Waals surface area contributed by atoms with E-state index in [4.69, 9.17) is 0 Å². The molecule has 0 saturated carbocycles. The second kappa shape index (κ2) is 3.61. The third kappa shape index (κ3) is 1.66. The highest BCUT2D eigenvalue weighted by atomic mass is 19.1. The molecule has 5 heteroatoms. The average Bonchev–Trinajstić information content (AvgIpc) is 2.02. The van der Waals surface area contributed by atoms with Crippen LogP contribution in [0.2, 0.25) is 0 Å². The summed E-state index contributed by atoms with van der Waals surface area (Å²) in [5, 5.41) is 10.6. The molecule has 0 N–H and O–H groups in total. The molecule has 0 aliphatic carbocycles. The Morgan fingerprint density at radius 2 is 2.00 bits per heavy atom. The summed E-state index contributed by atoms with van der Waals surface area (Å²) in [7, 11) is 3.30. The number of hydrogen-bond acceptors (Lipinski definition) is 3. The Bertz CT molecular complexity index is 377. The zero-order valence-electron chi connectivity index (χ0n) is 8.24. The maximum Gasteiger partial charge on any atom is 0.274 e. The third-order valence-electron chi connectivity index (χ3n) is 2.00. The van der Waals surface area contributed by atoms with Crippen LogP contribution in [0.1, 0.15) is 5.56 Å². The second-order valence-corrected chi connectivity index (χ2v) is 3.19. The summed E-state index contributed by atoms with van der Waals surface area (Å²) in [6, 6.07) is 2.29. The van der Waals surface area contributed by atoms with E-state index in [9.17, 15) is 14.5 Å². The normalized spacial score (nSPS) is 10.0. The van der Waals surface area contributed by atoms with Gasteiger partial charge in [-0.3, -0.25) is 10.1 Å². The van der Waals surface area contributed by atoms with Crippen molar-refractivity contribution >= 4 is 11.4 Å². The Kier molecular flexibility index (Phi) is 2.69. The Morgan fingerprint density at radius 3 is 2.43 bits per heavy atom. The Morgan fingerprint density at radius 1 is 1.43 bits per heavy atom. The number of anilines is 1. The summed E-state index contributed by atoms with van der Waals surface area (Å²) in [6.07, 6.45) is 0. The van der Waals surface area contributed by atoms with Crippen molar-refractivity contribution in [1.29, 1.82) is 0 Å². The predicted molar refractivity (Wildman–Crippen MR) is 52.1 cm³/mol. The van der Waals surface area contributed by atoms with Crippen molar-refractivity contribution in [3.8, 4) is 0 Å². The van der Waals surface area contributed by atoms with Crippen molar-refractivity contribution in [3.05, 3.63) is 33.6 Å². The molecule has 0 amide bonds. The van der Waals surface area contributed by atoms with Crippen molar-refractivity contribution < 1.29 is 9.31 Å². The van der Waals surface area contributed by atoms with Gasteiger partial charge >= 0.3 is 0 Å². The molecule has 0 aromatic heterocycles. The molecule has 0 bridgehead atoms. The van der Waals surface area contributed by atoms with Crippen LogP contribution < -0.4 is 4.90 Å². The summed E-state index contributed by atoms with van der Waals surface area (Å²) in [6.45, 7) is 1.54. The van der Waals surface area contributed by atoms with E-state index in [-0.39, 0.29) is 11.4 Å². The van der Waals surface area contributed by atoms with Gasteiger partial charge in [0.05, 0.1) is 16.2 Å². The van der Waals surface area contributed by atoms with Gasteiger partial charge in [0, 0.05) is 20.2 Å². The molecule has 0 aliphatic heterocycles. The number of rotatable bonds is 2. The summed E-state index contributed by atoms with van der Waals surface area (Å²) in [4.78, 5) is 11.6. The van der Waals surface area contributed by atoms with Crippen LogP contribution >= 0.6 is 0 Å². The van der Waals surface area contributed by atoms with Crippen molar-refractivity contribution in [2.24, 2.45) is 0 Å². The van der Waals surface area contributed by atoms with Crippen LogP contribution in [-0.4, -0.2) is 19.0 Å². The number of nitrogens with zero attached hydrogens (tertiary/aromatic N) is 2. The van der Waals surface area contributed by atoms with Gasteiger partial charge in [-0.25, -0.2) is 4.39 Å². The molecule has 1 aromatic rings. The number of nitro groups is 1. The Balaban J connectivity index is 3.41. The smallest absolute Gasteiger partial charge is 0.274 e. The molecule has 0 spiro atoms. The van der Waals surface area contributed by atoms with Crippen LogP contribution in [0.15, 0.2) is 12.1 Å². The topological polar surface area (TPSA) is 46.4 Å². The fourth-order valence-corrected chi connectivity index (χ4v) is 1.40. The molecule has 0 atom stereocenters. The van der Waals surface area contributed by atoms with Gasteiger partial charge in [-0.1, -0.05) is 0 Å². The monoisotopic (exact) mass is 198 g/mol. The van der Waals surface area contributed by atoms with E-state index in [0.717, 1.165) is 6.07 Å². The van der Waals surface area contributed by atoms with Gasteiger partial charge in [0.25, 0.3) is 5.69 Å². The fraction of sp³-hybridized carbons (Fsp3) is 0.333. The number of benzene rings is 1. The molecule has 0 aliphatic rings. The first-order valence-electron chi connectivity index (χ1n) is 4.06.